The average Bonchev–Trinajstić information content (AvgIpc) is 2.99. The third kappa shape index (κ3) is 3.87. The molecule has 0 bridgehead atoms. The number of piperidine rings is 1. The van der Waals surface area contributed by atoms with E-state index in [1.54, 1.807) is 24.3 Å². The van der Waals surface area contributed by atoms with E-state index in [1.807, 2.05) is 9.80 Å². The Labute approximate surface area is 181 Å². The number of aliphatic hydroxyl groups excluding tert-OH is 1. The van der Waals surface area contributed by atoms with Gasteiger partial charge in [-0.15, -0.1) is 0 Å². The maximum absolute atomic E-state index is 12.9. The van der Waals surface area contributed by atoms with Gasteiger partial charge in [-0.2, -0.15) is 0 Å². The van der Waals surface area contributed by atoms with Crippen molar-refractivity contribution in [2.75, 3.05) is 57.3 Å². The molecule has 3 fully saturated rings. The number of carbonyl (C=O) groups is 2. The molecule has 162 valence electrons. The molecule has 0 atom stereocenters. The Bertz CT molecular complexity index is 815. The predicted octanol–water partition coefficient (Wildman–Crippen LogP) is 2.37. The summed E-state index contributed by atoms with van der Waals surface area (Å²) >= 11 is 5.95. The molecule has 1 N–H and O–H groups in total. The van der Waals surface area contributed by atoms with Gasteiger partial charge in [-0.25, -0.2) is 14.5 Å². The largest absolute Gasteiger partial charge is 0.436 e. The SMILES string of the molecule is C=C1N(c2ccc(Cl)cc2)C(=O)OC12CCN(C(=O)N1CCN(CCO)CC1)CC2. The van der Waals surface area contributed by atoms with Gasteiger partial charge in [0.1, 0.15) is 0 Å². The van der Waals surface area contributed by atoms with E-state index in [-0.39, 0.29) is 12.6 Å². The summed E-state index contributed by atoms with van der Waals surface area (Å²) in [6, 6.07) is 7.01. The van der Waals surface area contributed by atoms with Crippen LogP contribution < -0.4 is 4.90 Å². The fraction of sp³-hybridized carbons (Fsp3) is 0.524. The quantitative estimate of drug-likeness (QED) is 0.790. The first-order chi connectivity index (χ1) is 14.4. The summed E-state index contributed by atoms with van der Waals surface area (Å²) in [7, 11) is 0. The van der Waals surface area contributed by atoms with Gasteiger partial charge < -0.3 is 19.6 Å². The van der Waals surface area contributed by atoms with E-state index in [2.05, 4.69) is 11.5 Å². The minimum absolute atomic E-state index is 0.0259. The molecule has 8 nitrogen and oxygen atoms in total. The number of hydrogen-bond donors (Lipinski definition) is 1. The predicted molar refractivity (Wildman–Crippen MR) is 114 cm³/mol. The fourth-order valence-corrected chi connectivity index (χ4v) is 4.52. The molecule has 3 aliphatic rings. The molecule has 0 saturated carbocycles. The van der Waals surface area contributed by atoms with Crippen molar-refractivity contribution in [3.05, 3.63) is 41.6 Å². The number of carbonyl (C=O) groups excluding carboxylic acids is 2. The first kappa shape index (κ1) is 21.0. The summed E-state index contributed by atoms with van der Waals surface area (Å²) in [5.41, 5.74) is 0.512. The monoisotopic (exact) mass is 434 g/mol. The first-order valence-corrected chi connectivity index (χ1v) is 10.7. The second-order valence-electron chi connectivity index (χ2n) is 7.94. The molecule has 4 rings (SSSR count). The third-order valence-corrected chi connectivity index (χ3v) is 6.50. The lowest BCUT2D eigenvalue weighted by Crippen LogP contribution is -2.56. The number of hydrogen-bond acceptors (Lipinski definition) is 5. The third-order valence-electron chi connectivity index (χ3n) is 6.25. The van der Waals surface area contributed by atoms with Crippen molar-refractivity contribution in [2.45, 2.75) is 18.4 Å². The van der Waals surface area contributed by atoms with Crippen molar-refractivity contribution in [1.29, 1.82) is 0 Å². The highest BCUT2D eigenvalue weighted by Crippen LogP contribution is 2.43. The molecule has 9 heteroatoms. The second kappa shape index (κ2) is 8.45. The zero-order valence-corrected chi connectivity index (χ0v) is 17.7. The smallest absolute Gasteiger partial charge is 0.419 e. The molecule has 1 aromatic carbocycles. The van der Waals surface area contributed by atoms with Crippen molar-refractivity contribution >= 4 is 29.4 Å². The Morgan fingerprint density at radius 3 is 2.27 bits per heavy atom. The molecular formula is C21H27ClN4O4. The molecule has 3 saturated heterocycles. The summed E-state index contributed by atoms with van der Waals surface area (Å²) < 4.78 is 5.79. The minimum atomic E-state index is -0.771. The highest BCUT2D eigenvalue weighted by Gasteiger charge is 2.51. The normalized spacial score (nSPS) is 22.0. The molecule has 1 spiro atoms. The average molecular weight is 435 g/mol. The maximum Gasteiger partial charge on any atom is 0.419 e. The van der Waals surface area contributed by atoms with Gasteiger partial charge in [-0.3, -0.25) is 4.90 Å². The number of benzene rings is 1. The van der Waals surface area contributed by atoms with Gasteiger partial charge in [0, 0.05) is 63.7 Å². The Morgan fingerprint density at radius 2 is 1.67 bits per heavy atom. The summed E-state index contributed by atoms with van der Waals surface area (Å²) in [5.74, 6) is 0. The summed E-state index contributed by atoms with van der Waals surface area (Å²) in [6.45, 7) is 8.82. The number of amides is 3. The van der Waals surface area contributed by atoms with Crippen LogP contribution in [0.15, 0.2) is 36.5 Å². The van der Waals surface area contributed by atoms with Crippen LogP contribution in [0.1, 0.15) is 12.8 Å². The lowest BCUT2D eigenvalue weighted by Gasteiger charge is -2.42. The van der Waals surface area contributed by atoms with Crippen LogP contribution in [0.3, 0.4) is 0 Å². The molecule has 0 radical (unpaired) electrons. The number of anilines is 1. The molecule has 0 aliphatic carbocycles. The summed E-state index contributed by atoms with van der Waals surface area (Å²) in [6.07, 6.45) is 0.609. The lowest BCUT2D eigenvalue weighted by atomic mass is 9.88. The van der Waals surface area contributed by atoms with Gasteiger partial charge >= 0.3 is 12.1 Å². The topological polar surface area (TPSA) is 76.6 Å². The van der Waals surface area contributed by atoms with E-state index in [9.17, 15) is 9.59 Å². The molecule has 3 heterocycles. The van der Waals surface area contributed by atoms with E-state index in [0.717, 1.165) is 13.1 Å². The van der Waals surface area contributed by atoms with Crippen LogP contribution in [0.5, 0.6) is 0 Å². The number of β-amino-alcohol motifs (C(OH)–C–C–N with tert-alkyl or cyclic N) is 1. The first-order valence-electron chi connectivity index (χ1n) is 10.3. The Balaban J connectivity index is 1.37. The van der Waals surface area contributed by atoms with Crippen LogP contribution in [0.25, 0.3) is 0 Å². The van der Waals surface area contributed by atoms with Crippen molar-refractivity contribution in [1.82, 2.24) is 14.7 Å². The van der Waals surface area contributed by atoms with Crippen molar-refractivity contribution in [3.8, 4) is 0 Å². The van der Waals surface area contributed by atoms with Gasteiger partial charge in [0.15, 0.2) is 5.60 Å². The Morgan fingerprint density at radius 1 is 1.07 bits per heavy atom. The summed E-state index contributed by atoms with van der Waals surface area (Å²) in [5, 5.41) is 9.65. The van der Waals surface area contributed by atoms with E-state index >= 15 is 0 Å². The van der Waals surface area contributed by atoms with Gasteiger partial charge in [0.05, 0.1) is 18.0 Å². The van der Waals surface area contributed by atoms with Crippen LogP contribution in [-0.2, 0) is 4.74 Å². The van der Waals surface area contributed by atoms with Crippen molar-refractivity contribution in [2.24, 2.45) is 0 Å². The lowest BCUT2D eigenvalue weighted by molar-refractivity contribution is 0.0175. The minimum Gasteiger partial charge on any atom is -0.436 e. The molecule has 30 heavy (non-hydrogen) atoms. The number of piperazine rings is 1. The number of nitrogens with zero attached hydrogens (tertiary/aromatic N) is 4. The molecule has 3 aliphatic heterocycles. The van der Waals surface area contributed by atoms with Gasteiger partial charge in [0.25, 0.3) is 0 Å². The van der Waals surface area contributed by atoms with Crippen molar-refractivity contribution in [3.63, 3.8) is 0 Å². The number of rotatable bonds is 3. The highest BCUT2D eigenvalue weighted by atomic mass is 35.5. The van der Waals surface area contributed by atoms with E-state index in [1.165, 1.54) is 4.90 Å². The number of likely N-dealkylation sites (tertiary alicyclic amines) is 1. The zero-order chi connectivity index (χ0) is 21.3. The molecule has 3 amide bonds. The number of aliphatic hydroxyl groups is 1. The standard InChI is InChI=1S/C21H27ClN4O4/c1-16-21(30-20(29)26(16)18-4-2-17(22)3-5-18)6-8-24(9-7-21)19(28)25-12-10-23(11-13-25)14-15-27/h2-5,27H,1,6-15H2. The summed E-state index contributed by atoms with van der Waals surface area (Å²) in [4.78, 5) is 32.8. The molecular weight excluding hydrogens is 408 g/mol. The van der Waals surface area contributed by atoms with Gasteiger partial charge in [-0.05, 0) is 24.3 Å². The van der Waals surface area contributed by atoms with Crippen LogP contribution in [0.2, 0.25) is 5.02 Å². The van der Waals surface area contributed by atoms with E-state index < -0.39 is 11.7 Å². The Hall–Kier alpha value is -2.29. The Kier molecular flexibility index (Phi) is 5.90. The van der Waals surface area contributed by atoms with Crippen LogP contribution in [-0.4, -0.2) is 90.0 Å². The number of halogens is 1. The van der Waals surface area contributed by atoms with Crippen LogP contribution in [0.4, 0.5) is 15.3 Å². The number of urea groups is 1. The van der Waals surface area contributed by atoms with E-state index in [0.29, 0.717) is 62.0 Å². The van der Waals surface area contributed by atoms with Crippen LogP contribution in [0, 0.1) is 0 Å². The second-order valence-corrected chi connectivity index (χ2v) is 8.38. The van der Waals surface area contributed by atoms with Gasteiger partial charge in [0.2, 0.25) is 0 Å². The highest BCUT2D eigenvalue weighted by molar-refractivity contribution is 6.30. The molecule has 0 unspecified atom stereocenters. The maximum atomic E-state index is 12.9. The number of ether oxygens (including phenoxy) is 1. The zero-order valence-electron chi connectivity index (χ0n) is 16.9. The van der Waals surface area contributed by atoms with Crippen molar-refractivity contribution < 1.29 is 19.4 Å². The van der Waals surface area contributed by atoms with Gasteiger partial charge in [-0.1, -0.05) is 18.2 Å². The van der Waals surface area contributed by atoms with E-state index in [4.69, 9.17) is 21.4 Å². The molecule has 1 aromatic rings. The van der Waals surface area contributed by atoms with Crippen LogP contribution >= 0.6 is 11.6 Å². The molecule has 0 aromatic heterocycles. The fourth-order valence-electron chi connectivity index (χ4n) is 4.39.